The van der Waals surface area contributed by atoms with Gasteiger partial charge < -0.3 is 20.3 Å². The molecule has 15 heteroatoms. The van der Waals surface area contributed by atoms with Crippen LogP contribution in [-0.4, -0.2) is 57.6 Å². The molecule has 0 saturated heterocycles. The minimum absolute atomic E-state index is 0. The molecule has 15 aromatic rings. The number of allylic oxidation sites excluding steroid dienone is 6. The van der Waals surface area contributed by atoms with Crippen LogP contribution in [0.3, 0.4) is 0 Å². The summed E-state index contributed by atoms with van der Waals surface area (Å²) in [5.74, 6) is -0.187. The van der Waals surface area contributed by atoms with Crippen molar-refractivity contribution in [2.24, 2.45) is 0 Å². The van der Waals surface area contributed by atoms with Crippen molar-refractivity contribution in [2.75, 3.05) is 0 Å². The van der Waals surface area contributed by atoms with Crippen LogP contribution in [0.25, 0.3) is 111 Å². The molecule has 5 aromatic heterocycles. The molecule has 3 N–H and O–H groups in total. The van der Waals surface area contributed by atoms with E-state index in [9.17, 15) is 14.4 Å². The van der Waals surface area contributed by atoms with Crippen LogP contribution >= 0.6 is 0 Å². The zero-order valence-electron chi connectivity index (χ0n) is 67.3. The fraction of sp³-hybridized carbons (Fsp3) is 0.149. The van der Waals surface area contributed by atoms with Crippen molar-refractivity contribution in [2.45, 2.75) is 102 Å². The van der Waals surface area contributed by atoms with Crippen LogP contribution in [0.5, 0.6) is 0 Å². The van der Waals surface area contributed by atoms with E-state index in [0.717, 1.165) is 95.0 Å². The number of aromatic nitrogens is 5. The molecule has 0 bridgehead atoms. The maximum absolute atomic E-state index is 10.0. The maximum Gasteiger partial charge on any atom is 0.155 e. The third-order valence-electron chi connectivity index (χ3n) is 17.5. The number of para-hydroxylation sites is 4. The summed E-state index contributed by atoms with van der Waals surface area (Å²) in [6, 6.07) is 106. The first kappa shape index (κ1) is 95.8. The van der Waals surface area contributed by atoms with Crippen molar-refractivity contribution >= 4 is 61.0 Å². The SMILES string of the molecule is CC(=O)C=C(C)O.CC(=O)C=C(C)O.CC(=O)C=C(C)O.CC1(C)c2ccccc2-c2c[c-]c(-c3ccc4ccccc4n3)cc21.Cc1[c-]c(-c2ccc3ccccc3n2)c(C)cc1.Cc1[c-]c(-c2ccc3ccccc3n2)cc(C)c1.Cc1[c-]c(-c2ccc3ccccc3n2)cc(C)c1.[Ir].[Ir].[Ir].[Ir].[c-]1ccccc1-c1ccccn1. The summed E-state index contributed by atoms with van der Waals surface area (Å²) < 4.78 is 0. The van der Waals surface area contributed by atoms with Gasteiger partial charge in [0.2, 0.25) is 0 Å². The molecule has 0 fully saturated rings. The average Bonchev–Trinajstić information content (AvgIpc) is 1.58. The standard InChI is InChI=1S/C24H18N.3C17H14N.C11H8N.3C5H8O2.4Ir/c1-24(2)20-9-5-4-8-18(20)19-13-11-17(15-21(19)24)23-14-12-16-7-3-6-10-22(16)25-23;2*1-12-9-13(2)11-15(10-12)17-8-7-14-5-3-4-6-16(14)18-17;1-12-7-8-13(2)15(11-12)17-10-9-14-5-3-4-6-16(14)18-17;1-2-6-10(7-3-1)11-8-4-5-9-12-11;3*1-4(6)3-5(2)7;;;;/h3-10,12-15H,1-2H3;3*3-10H,1-2H3;1-6,8-9H;3*3,6H,1-2H3;;;;/q5*-1;;;;;;;. The van der Waals surface area contributed by atoms with Gasteiger partial charge in [-0.3, -0.25) is 34.3 Å². The van der Waals surface area contributed by atoms with Gasteiger partial charge in [-0.15, -0.1) is 170 Å². The second kappa shape index (κ2) is 46.7. The molecule has 116 heavy (non-hydrogen) atoms. The molecule has 0 aliphatic heterocycles. The Hall–Kier alpha value is -10.8. The Morgan fingerprint density at radius 2 is 0.741 bits per heavy atom. The van der Waals surface area contributed by atoms with Gasteiger partial charge in [-0.1, -0.05) is 224 Å². The van der Waals surface area contributed by atoms with E-state index in [1.54, 1.807) is 6.20 Å². The number of nitrogens with zero attached hydrogens (tertiary/aromatic N) is 5. The van der Waals surface area contributed by atoms with Crippen molar-refractivity contribution in [3.8, 4) is 67.4 Å². The van der Waals surface area contributed by atoms with E-state index in [-0.39, 0.29) is 120 Å². The fourth-order valence-electron chi connectivity index (χ4n) is 12.6. The number of hydrogen-bond donors (Lipinski definition) is 3. The first-order valence-electron chi connectivity index (χ1n) is 36.8. The first-order valence-corrected chi connectivity index (χ1v) is 36.8. The number of aliphatic hydroxyl groups is 3. The molecular weight excluding hydrogens is 2150 g/mol. The number of benzene rings is 10. The van der Waals surface area contributed by atoms with Crippen molar-refractivity contribution in [1.29, 1.82) is 0 Å². The van der Waals surface area contributed by atoms with Gasteiger partial charge in [-0.05, 0) is 133 Å². The van der Waals surface area contributed by atoms with Gasteiger partial charge in [0.25, 0.3) is 0 Å². The molecule has 5 heterocycles. The first-order chi connectivity index (χ1) is 53.7. The molecule has 0 unspecified atom stereocenters. The van der Waals surface area contributed by atoms with Gasteiger partial charge in [0, 0.05) is 105 Å². The Morgan fingerprint density at radius 3 is 1.14 bits per heavy atom. The van der Waals surface area contributed by atoms with Gasteiger partial charge in [-0.25, -0.2) is 0 Å². The number of carbonyl (C=O) groups is 3. The zero-order valence-corrected chi connectivity index (χ0v) is 76.9. The van der Waals surface area contributed by atoms with E-state index in [1.165, 1.54) is 120 Å². The topological polar surface area (TPSA) is 176 Å². The van der Waals surface area contributed by atoms with Crippen molar-refractivity contribution in [3.63, 3.8) is 0 Å². The predicted molar refractivity (Wildman–Crippen MR) is 460 cm³/mol. The van der Waals surface area contributed by atoms with Crippen LogP contribution < -0.4 is 0 Å². The van der Waals surface area contributed by atoms with E-state index < -0.39 is 0 Å². The number of ketones is 3. The Labute approximate surface area is 736 Å². The molecule has 0 amide bonds. The van der Waals surface area contributed by atoms with Crippen LogP contribution in [0, 0.1) is 71.9 Å². The smallest absolute Gasteiger partial charge is 0.155 e. The Kier molecular flexibility index (Phi) is 38.6. The number of hydrogen-bond acceptors (Lipinski definition) is 11. The number of aliphatic hydroxyl groups excluding tert-OH is 3. The van der Waals surface area contributed by atoms with Gasteiger partial charge in [0.1, 0.15) is 0 Å². The van der Waals surface area contributed by atoms with Crippen LogP contribution in [0.2, 0.25) is 0 Å². The van der Waals surface area contributed by atoms with Crippen LogP contribution in [0.4, 0.5) is 0 Å². The van der Waals surface area contributed by atoms with Gasteiger partial charge in [0.05, 0.1) is 39.3 Å². The van der Waals surface area contributed by atoms with E-state index in [0.29, 0.717) is 0 Å². The quantitative estimate of drug-likeness (QED) is 0.0750. The zero-order chi connectivity index (χ0) is 80.4. The van der Waals surface area contributed by atoms with Crippen molar-refractivity contribution < 1.29 is 110 Å². The van der Waals surface area contributed by atoms with Crippen LogP contribution in [0.15, 0.2) is 303 Å². The van der Waals surface area contributed by atoms with Crippen molar-refractivity contribution in [1.82, 2.24) is 24.9 Å². The molecule has 11 nitrogen and oxygen atoms in total. The second-order valence-corrected chi connectivity index (χ2v) is 27.8. The summed E-state index contributed by atoms with van der Waals surface area (Å²) in [5, 5.41) is 29.8. The number of pyridine rings is 5. The minimum Gasteiger partial charge on any atom is -0.512 e. The summed E-state index contributed by atoms with van der Waals surface area (Å²) >= 11 is 0. The summed E-state index contributed by atoms with van der Waals surface area (Å²) in [4.78, 5) is 53.2. The van der Waals surface area contributed by atoms with Gasteiger partial charge in [-0.2, -0.15) is 0 Å². The Balaban J connectivity index is 0.000000244. The van der Waals surface area contributed by atoms with Gasteiger partial charge >= 0.3 is 0 Å². The van der Waals surface area contributed by atoms with Crippen LogP contribution in [-0.2, 0) is 100 Å². The number of carbonyl (C=O) groups excluding carboxylic acids is 3. The second-order valence-electron chi connectivity index (χ2n) is 27.8. The normalized spacial score (nSPS) is 11.2. The van der Waals surface area contributed by atoms with E-state index in [4.69, 9.17) is 35.3 Å². The molecule has 16 rings (SSSR count). The largest absolute Gasteiger partial charge is 0.512 e. The molecule has 598 valence electrons. The molecule has 10 aromatic carbocycles. The maximum atomic E-state index is 10.0. The summed E-state index contributed by atoms with van der Waals surface area (Å²) in [5.41, 5.74) is 26.9. The number of rotatable bonds is 8. The fourth-order valence-corrected chi connectivity index (χ4v) is 12.6. The minimum atomic E-state index is -0.125. The molecule has 0 spiro atoms. The third kappa shape index (κ3) is 28.6. The summed E-state index contributed by atoms with van der Waals surface area (Å²) in [6.45, 7) is 25.6. The van der Waals surface area contributed by atoms with Crippen LogP contribution in [0.1, 0.15) is 99.9 Å². The number of aryl methyl sites for hydroxylation is 6. The Morgan fingerprint density at radius 1 is 0.345 bits per heavy atom. The molecule has 1 aliphatic carbocycles. The summed E-state index contributed by atoms with van der Waals surface area (Å²) in [6.07, 6.45) is 5.29. The third-order valence-corrected chi connectivity index (χ3v) is 17.5. The Bertz CT molecular complexity index is 5620. The summed E-state index contributed by atoms with van der Waals surface area (Å²) in [7, 11) is 0. The van der Waals surface area contributed by atoms with E-state index in [2.05, 4.69) is 242 Å². The van der Waals surface area contributed by atoms with Crippen molar-refractivity contribution in [3.05, 3.63) is 377 Å². The monoisotopic (exact) mass is 2240 g/mol. The molecule has 0 saturated carbocycles. The molecule has 0 atom stereocenters. The predicted octanol–water partition coefficient (Wildman–Crippen LogP) is 24.6. The molecule has 1 aliphatic rings. The van der Waals surface area contributed by atoms with Gasteiger partial charge in [0.15, 0.2) is 17.3 Å². The molecular formula is C101H92Ir4N5O6-5. The average molecular weight is 2240 g/mol. The number of fused-ring (bicyclic) bond motifs is 7. The van der Waals surface area contributed by atoms with E-state index >= 15 is 0 Å². The molecule has 4 radical (unpaired) electrons. The van der Waals surface area contributed by atoms with E-state index in [1.807, 2.05) is 109 Å².